The number of carbonyl (C=O) groups excluding carboxylic acids is 1. The van der Waals surface area contributed by atoms with Gasteiger partial charge in [0.2, 0.25) is 5.82 Å². The van der Waals surface area contributed by atoms with Gasteiger partial charge in [0.1, 0.15) is 5.82 Å². The molecule has 0 unspecified atom stereocenters. The molecule has 1 aromatic carbocycles. The highest BCUT2D eigenvalue weighted by atomic mass is 16.2. The predicted octanol–water partition coefficient (Wildman–Crippen LogP) is 2.39. The number of amides is 1. The van der Waals surface area contributed by atoms with Gasteiger partial charge in [-0.05, 0) is 24.3 Å². The number of aryl methyl sites for hydroxylation is 1. The number of hydrogen-bond acceptors (Lipinski definition) is 3. The van der Waals surface area contributed by atoms with Crippen molar-refractivity contribution in [1.29, 1.82) is 0 Å². The largest absolute Gasteiger partial charge is 0.336 e. The summed E-state index contributed by atoms with van der Waals surface area (Å²) in [5.41, 5.74) is 1.37. The minimum atomic E-state index is -0.0579. The topological polar surface area (TPSA) is 61.9 Å². The summed E-state index contributed by atoms with van der Waals surface area (Å²) in [6, 6.07) is 10.5. The number of piperidine rings is 1. The summed E-state index contributed by atoms with van der Waals surface area (Å²) in [6.45, 7) is 3.53. The summed E-state index contributed by atoms with van der Waals surface area (Å²) in [5, 5.41) is 6.81. The van der Waals surface area contributed by atoms with E-state index in [-0.39, 0.29) is 5.91 Å². The Labute approximate surface area is 124 Å². The Morgan fingerprint density at radius 2 is 2.00 bits per heavy atom. The first kappa shape index (κ1) is 13.8. The summed E-state index contributed by atoms with van der Waals surface area (Å²) in [6.07, 6.45) is 2.76. The zero-order valence-corrected chi connectivity index (χ0v) is 12.2. The molecule has 1 N–H and O–H groups in total. The molecular weight excluding hydrogens is 264 g/mol. The van der Waals surface area contributed by atoms with Gasteiger partial charge in [0.15, 0.2) is 0 Å². The first-order valence-corrected chi connectivity index (χ1v) is 7.53. The number of carbonyl (C=O) groups is 1. The molecule has 3 rings (SSSR count). The van der Waals surface area contributed by atoms with Crippen molar-refractivity contribution in [2.45, 2.75) is 32.1 Å². The van der Waals surface area contributed by atoms with Crippen LogP contribution in [0.25, 0.3) is 0 Å². The number of benzene rings is 1. The fourth-order valence-electron chi connectivity index (χ4n) is 2.83. The van der Waals surface area contributed by atoms with E-state index in [1.165, 1.54) is 5.56 Å². The highest BCUT2D eigenvalue weighted by molar-refractivity contribution is 5.90. The van der Waals surface area contributed by atoms with Crippen LogP contribution in [0.2, 0.25) is 0 Å². The molecule has 1 amide bonds. The number of aromatic amines is 1. The zero-order valence-electron chi connectivity index (χ0n) is 12.2. The molecule has 5 heteroatoms. The van der Waals surface area contributed by atoms with Crippen LogP contribution in [0.4, 0.5) is 0 Å². The number of likely N-dealkylation sites (tertiary alicyclic amines) is 1. The number of aromatic nitrogens is 3. The fraction of sp³-hybridized carbons (Fsp3) is 0.438. The summed E-state index contributed by atoms with van der Waals surface area (Å²) < 4.78 is 0. The van der Waals surface area contributed by atoms with Crippen LogP contribution in [-0.4, -0.2) is 39.1 Å². The van der Waals surface area contributed by atoms with E-state index in [0.717, 1.165) is 38.2 Å². The first-order valence-electron chi connectivity index (χ1n) is 7.53. The van der Waals surface area contributed by atoms with E-state index >= 15 is 0 Å². The Bertz CT molecular complexity index is 600. The van der Waals surface area contributed by atoms with E-state index in [2.05, 4.69) is 39.4 Å². The maximum Gasteiger partial charge on any atom is 0.293 e. The van der Waals surface area contributed by atoms with Crippen LogP contribution in [0.5, 0.6) is 0 Å². The molecular formula is C16H20N4O. The van der Waals surface area contributed by atoms with Gasteiger partial charge in [-0.1, -0.05) is 37.3 Å². The molecule has 0 radical (unpaired) electrons. The summed E-state index contributed by atoms with van der Waals surface area (Å²) in [4.78, 5) is 18.4. The van der Waals surface area contributed by atoms with Crippen molar-refractivity contribution >= 4 is 5.91 Å². The Balaban J connectivity index is 1.61. The van der Waals surface area contributed by atoms with Gasteiger partial charge in [0.25, 0.3) is 5.91 Å². The van der Waals surface area contributed by atoms with Gasteiger partial charge in [-0.25, -0.2) is 4.98 Å². The van der Waals surface area contributed by atoms with Crippen LogP contribution in [0.3, 0.4) is 0 Å². The van der Waals surface area contributed by atoms with Crippen LogP contribution in [-0.2, 0) is 6.42 Å². The molecule has 0 saturated carbocycles. The van der Waals surface area contributed by atoms with Crippen molar-refractivity contribution in [3.63, 3.8) is 0 Å². The minimum absolute atomic E-state index is 0.0579. The molecule has 1 fully saturated rings. The van der Waals surface area contributed by atoms with Crippen LogP contribution in [0, 0.1) is 0 Å². The van der Waals surface area contributed by atoms with E-state index in [1.54, 1.807) is 0 Å². The SMILES string of the molecule is CCc1nc(C(=O)N2CCC(c3ccccc3)CC2)n[nH]1. The van der Waals surface area contributed by atoms with E-state index in [0.29, 0.717) is 11.7 Å². The van der Waals surface area contributed by atoms with Crippen LogP contribution < -0.4 is 0 Å². The quantitative estimate of drug-likeness (QED) is 0.941. The summed E-state index contributed by atoms with van der Waals surface area (Å²) in [7, 11) is 0. The third-order valence-corrected chi connectivity index (χ3v) is 4.11. The average molecular weight is 284 g/mol. The monoisotopic (exact) mass is 284 g/mol. The van der Waals surface area contributed by atoms with Gasteiger partial charge in [-0.3, -0.25) is 9.89 Å². The standard InChI is InChI=1S/C16H20N4O/c1-2-14-17-15(19-18-14)16(21)20-10-8-13(9-11-20)12-6-4-3-5-7-12/h3-7,13H,2,8-11H2,1H3,(H,17,18,19). The first-order chi connectivity index (χ1) is 10.3. The second-order valence-electron chi connectivity index (χ2n) is 5.44. The van der Waals surface area contributed by atoms with Gasteiger partial charge in [0.05, 0.1) is 0 Å². The van der Waals surface area contributed by atoms with Crippen LogP contribution >= 0.6 is 0 Å². The molecule has 1 aliphatic rings. The number of rotatable bonds is 3. The number of H-pyrrole nitrogens is 1. The third kappa shape index (κ3) is 2.96. The lowest BCUT2D eigenvalue weighted by molar-refractivity contribution is 0.0701. The van der Waals surface area contributed by atoms with Crippen molar-refractivity contribution < 1.29 is 4.79 Å². The normalized spacial score (nSPS) is 16.1. The highest BCUT2D eigenvalue weighted by Crippen LogP contribution is 2.28. The lowest BCUT2D eigenvalue weighted by atomic mass is 9.89. The molecule has 2 heterocycles. The minimum Gasteiger partial charge on any atom is -0.336 e. The Morgan fingerprint density at radius 3 is 2.62 bits per heavy atom. The van der Waals surface area contributed by atoms with Gasteiger partial charge >= 0.3 is 0 Å². The molecule has 5 nitrogen and oxygen atoms in total. The Morgan fingerprint density at radius 1 is 1.29 bits per heavy atom. The van der Waals surface area contributed by atoms with E-state index in [9.17, 15) is 4.79 Å². The predicted molar refractivity (Wildman–Crippen MR) is 80.1 cm³/mol. The molecule has 110 valence electrons. The number of hydrogen-bond donors (Lipinski definition) is 1. The fourth-order valence-corrected chi connectivity index (χ4v) is 2.83. The number of nitrogens with one attached hydrogen (secondary N) is 1. The zero-order chi connectivity index (χ0) is 14.7. The van der Waals surface area contributed by atoms with Crippen molar-refractivity contribution in [3.8, 4) is 0 Å². The van der Waals surface area contributed by atoms with Gasteiger partial charge in [-0.2, -0.15) is 0 Å². The maximum atomic E-state index is 12.4. The van der Waals surface area contributed by atoms with E-state index in [1.807, 2.05) is 17.9 Å². The molecule has 2 aromatic rings. The van der Waals surface area contributed by atoms with E-state index < -0.39 is 0 Å². The summed E-state index contributed by atoms with van der Waals surface area (Å²) >= 11 is 0. The molecule has 0 spiro atoms. The molecule has 1 saturated heterocycles. The van der Waals surface area contributed by atoms with Crippen molar-refractivity contribution in [2.24, 2.45) is 0 Å². The second kappa shape index (κ2) is 6.08. The van der Waals surface area contributed by atoms with Gasteiger partial charge < -0.3 is 4.90 Å². The van der Waals surface area contributed by atoms with Crippen molar-refractivity contribution in [1.82, 2.24) is 20.1 Å². The second-order valence-corrected chi connectivity index (χ2v) is 5.44. The Hall–Kier alpha value is -2.17. The van der Waals surface area contributed by atoms with Crippen LogP contribution in [0.1, 0.15) is 47.7 Å². The smallest absolute Gasteiger partial charge is 0.293 e. The lowest BCUT2D eigenvalue weighted by Crippen LogP contribution is -2.38. The lowest BCUT2D eigenvalue weighted by Gasteiger charge is -2.31. The molecule has 0 atom stereocenters. The summed E-state index contributed by atoms with van der Waals surface area (Å²) in [5.74, 6) is 1.55. The van der Waals surface area contributed by atoms with Crippen LogP contribution in [0.15, 0.2) is 30.3 Å². The van der Waals surface area contributed by atoms with Crippen molar-refractivity contribution in [3.05, 3.63) is 47.5 Å². The molecule has 1 aliphatic heterocycles. The van der Waals surface area contributed by atoms with Crippen molar-refractivity contribution in [2.75, 3.05) is 13.1 Å². The van der Waals surface area contributed by atoms with Gasteiger partial charge in [0, 0.05) is 19.5 Å². The third-order valence-electron chi connectivity index (χ3n) is 4.11. The van der Waals surface area contributed by atoms with Gasteiger partial charge in [-0.15, -0.1) is 5.10 Å². The maximum absolute atomic E-state index is 12.4. The molecule has 1 aromatic heterocycles. The molecule has 21 heavy (non-hydrogen) atoms. The molecule has 0 bridgehead atoms. The highest BCUT2D eigenvalue weighted by Gasteiger charge is 2.26. The van der Waals surface area contributed by atoms with E-state index in [4.69, 9.17) is 0 Å². The Kier molecular flexibility index (Phi) is 3.99. The average Bonchev–Trinajstić information content (AvgIpc) is 3.04. The number of nitrogens with zero attached hydrogens (tertiary/aromatic N) is 3. The molecule has 0 aliphatic carbocycles.